The molecule has 3 unspecified atom stereocenters. The van der Waals surface area contributed by atoms with Crippen molar-refractivity contribution < 1.29 is 13.9 Å². The van der Waals surface area contributed by atoms with Crippen molar-refractivity contribution in [3.63, 3.8) is 0 Å². The molecule has 1 aliphatic rings. The van der Waals surface area contributed by atoms with E-state index in [1.807, 2.05) is 0 Å². The van der Waals surface area contributed by atoms with Crippen LogP contribution in [-0.4, -0.2) is 20.3 Å². The summed E-state index contributed by atoms with van der Waals surface area (Å²) in [5, 5.41) is 0. The van der Waals surface area contributed by atoms with E-state index >= 15 is 0 Å². The van der Waals surface area contributed by atoms with E-state index in [0.717, 1.165) is 25.2 Å². The fourth-order valence-electron chi connectivity index (χ4n) is 2.63. The Hall–Kier alpha value is -1.13. The molecule has 100 valence electrons. The maximum absolute atomic E-state index is 13.4. The van der Waals surface area contributed by atoms with Gasteiger partial charge in [0.1, 0.15) is 11.6 Å². The van der Waals surface area contributed by atoms with Gasteiger partial charge in [-0.1, -0.05) is 6.92 Å². The Morgan fingerprint density at radius 3 is 2.94 bits per heavy atom. The summed E-state index contributed by atoms with van der Waals surface area (Å²) in [6.45, 7) is 3.56. The first-order valence-electron chi connectivity index (χ1n) is 6.30. The van der Waals surface area contributed by atoms with Gasteiger partial charge in [-0.3, -0.25) is 0 Å². The van der Waals surface area contributed by atoms with Gasteiger partial charge in [0.05, 0.1) is 7.11 Å². The lowest BCUT2D eigenvalue weighted by atomic mass is 9.81. The fraction of sp³-hybridized carbons (Fsp3) is 0.571. The second-order valence-electron chi connectivity index (χ2n) is 4.92. The normalized spacial score (nSPS) is 25.8. The number of hydrogen-bond acceptors (Lipinski definition) is 3. The number of benzene rings is 1. The fourth-order valence-corrected chi connectivity index (χ4v) is 2.63. The van der Waals surface area contributed by atoms with Gasteiger partial charge in [0.25, 0.3) is 0 Å². The molecule has 3 atom stereocenters. The molecule has 0 amide bonds. The van der Waals surface area contributed by atoms with Gasteiger partial charge in [0.2, 0.25) is 0 Å². The van der Waals surface area contributed by atoms with Crippen LogP contribution in [0.2, 0.25) is 0 Å². The minimum absolute atomic E-state index is 0.213. The Balaban J connectivity index is 2.26. The number of halogens is 1. The second-order valence-corrected chi connectivity index (χ2v) is 4.92. The molecular formula is C14H20FNO2. The van der Waals surface area contributed by atoms with Crippen molar-refractivity contribution >= 4 is 0 Å². The SMILES string of the molecule is COc1ccc(F)cc1C(N)C1CCOCC1C. The largest absolute Gasteiger partial charge is 0.496 e. The van der Waals surface area contributed by atoms with Gasteiger partial charge < -0.3 is 15.2 Å². The highest BCUT2D eigenvalue weighted by Crippen LogP contribution is 2.36. The zero-order valence-corrected chi connectivity index (χ0v) is 10.9. The summed E-state index contributed by atoms with van der Waals surface area (Å²) >= 11 is 0. The molecule has 0 saturated carbocycles. The zero-order valence-electron chi connectivity index (χ0n) is 10.9. The van der Waals surface area contributed by atoms with Crippen LogP contribution in [0.15, 0.2) is 18.2 Å². The molecule has 1 saturated heterocycles. The molecule has 1 aliphatic heterocycles. The van der Waals surface area contributed by atoms with Crippen LogP contribution in [0.1, 0.15) is 24.9 Å². The molecule has 0 spiro atoms. The van der Waals surface area contributed by atoms with Crippen LogP contribution in [0.5, 0.6) is 5.75 Å². The Kier molecular flexibility index (Phi) is 4.19. The molecule has 1 fully saturated rings. The molecule has 0 radical (unpaired) electrons. The summed E-state index contributed by atoms with van der Waals surface area (Å²) in [7, 11) is 1.58. The maximum atomic E-state index is 13.4. The third kappa shape index (κ3) is 2.65. The number of nitrogens with two attached hydrogens (primary N) is 1. The summed E-state index contributed by atoms with van der Waals surface area (Å²) in [6.07, 6.45) is 0.905. The Morgan fingerprint density at radius 2 is 2.28 bits per heavy atom. The quantitative estimate of drug-likeness (QED) is 0.900. The standard InChI is InChI=1S/C14H20FNO2/c1-9-8-18-6-5-11(9)14(16)12-7-10(15)3-4-13(12)17-2/h3-4,7,9,11,14H,5-6,8,16H2,1-2H3. The molecule has 0 aliphatic carbocycles. The van der Waals surface area contributed by atoms with E-state index < -0.39 is 0 Å². The third-order valence-corrected chi connectivity index (χ3v) is 3.72. The highest BCUT2D eigenvalue weighted by Gasteiger charge is 2.30. The van der Waals surface area contributed by atoms with Crippen molar-refractivity contribution in [2.75, 3.05) is 20.3 Å². The van der Waals surface area contributed by atoms with Crippen LogP contribution in [0, 0.1) is 17.7 Å². The third-order valence-electron chi connectivity index (χ3n) is 3.72. The first-order valence-corrected chi connectivity index (χ1v) is 6.30. The Bertz CT molecular complexity index is 411. The van der Waals surface area contributed by atoms with Crippen LogP contribution in [0.4, 0.5) is 4.39 Å². The molecule has 4 heteroatoms. The van der Waals surface area contributed by atoms with E-state index in [2.05, 4.69) is 6.92 Å². The van der Waals surface area contributed by atoms with Crippen LogP contribution in [-0.2, 0) is 4.74 Å². The number of rotatable bonds is 3. The minimum atomic E-state index is -0.277. The molecule has 0 bridgehead atoms. The predicted molar refractivity (Wildman–Crippen MR) is 68.0 cm³/mol. The van der Waals surface area contributed by atoms with Gasteiger partial charge in [0.15, 0.2) is 0 Å². The van der Waals surface area contributed by atoms with Crippen LogP contribution in [0.3, 0.4) is 0 Å². The topological polar surface area (TPSA) is 44.5 Å². The van der Waals surface area contributed by atoms with Crippen LogP contribution in [0.25, 0.3) is 0 Å². The molecule has 2 rings (SSSR count). The molecule has 1 aromatic carbocycles. The lowest BCUT2D eigenvalue weighted by Gasteiger charge is -2.34. The van der Waals surface area contributed by atoms with Crippen molar-refractivity contribution in [1.29, 1.82) is 0 Å². The van der Waals surface area contributed by atoms with E-state index in [1.54, 1.807) is 13.2 Å². The Labute approximate surface area is 107 Å². The van der Waals surface area contributed by atoms with Crippen LogP contribution < -0.4 is 10.5 Å². The van der Waals surface area contributed by atoms with E-state index in [1.165, 1.54) is 12.1 Å². The van der Waals surface area contributed by atoms with E-state index in [0.29, 0.717) is 17.6 Å². The minimum Gasteiger partial charge on any atom is -0.496 e. The Morgan fingerprint density at radius 1 is 1.50 bits per heavy atom. The first-order chi connectivity index (χ1) is 8.63. The van der Waals surface area contributed by atoms with Crippen LogP contribution >= 0.6 is 0 Å². The molecular weight excluding hydrogens is 233 g/mol. The summed E-state index contributed by atoms with van der Waals surface area (Å²) in [4.78, 5) is 0. The van der Waals surface area contributed by atoms with E-state index in [9.17, 15) is 4.39 Å². The van der Waals surface area contributed by atoms with E-state index in [-0.39, 0.29) is 11.9 Å². The van der Waals surface area contributed by atoms with Gasteiger partial charge in [0, 0.05) is 24.8 Å². The molecule has 18 heavy (non-hydrogen) atoms. The molecule has 0 aromatic heterocycles. The molecule has 3 nitrogen and oxygen atoms in total. The number of hydrogen-bond donors (Lipinski definition) is 1. The van der Waals surface area contributed by atoms with Crippen molar-refractivity contribution in [2.24, 2.45) is 17.6 Å². The highest BCUT2D eigenvalue weighted by molar-refractivity contribution is 5.36. The van der Waals surface area contributed by atoms with Gasteiger partial charge in [-0.15, -0.1) is 0 Å². The second kappa shape index (κ2) is 5.67. The number of ether oxygens (including phenoxy) is 2. The van der Waals surface area contributed by atoms with Crippen molar-refractivity contribution in [3.05, 3.63) is 29.6 Å². The van der Waals surface area contributed by atoms with Gasteiger partial charge in [-0.05, 0) is 36.5 Å². The van der Waals surface area contributed by atoms with Gasteiger partial charge in [-0.25, -0.2) is 4.39 Å². The summed E-state index contributed by atoms with van der Waals surface area (Å²) < 4.78 is 24.1. The summed E-state index contributed by atoms with van der Waals surface area (Å²) in [5.41, 5.74) is 7.05. The zero-order chi connectivity index (χ0) is 13.1. The average molecular weight is 253 g/mol. The van der Waals surface area contributed by atoms with Crippen molar-refractivity contribution in [2.45, 2.75) is 19.4 Å². The van der Waals surface area contributed by atoms with E-state index in [4.69, 9.17) is 15.2 Å². The molecule has 1 heterocycles. The maximum Gasteiger partial charge on any atom is 0.123 e. The smallest absolute Gasteiger partial charge is 0.123 e. The number of methoxy groups -OCH3 is 1. The lowest BCUT2D eigenvalue weighted by molar-refractivity contribution is 0.0152. The predicted octanol–water partition coefficient (Wildman–Crippen LogP) is 2.51. The highest BCUT2D eigenvalue weighted by atomic mass is 19.1. The first kappa shape index (κ1) is 13.3. The summed E-state index contributed by atoms with van der Waals surface area (Å²) in [5.74, 6) is 1.06. The monoisotopic (exact) mass is 253 g/mol. The molecule has 2 N–H and O–H groups in total. The van der Waals surface area contributed by atoms with Gasteiger partial charge in [-0.2, -0.15) is 0 Å². The van der Waals surface area contributed by atoms with Gasteiger partial charge >= 0.3 is 0 Å². The summed E-state index contributed by atoms with van der Waals surface area (Å²) in [6, 6.07) is 4.29. The average Bonchev–Trinajstić information content (AvgIpc) is 2.38. The van der Waals surface area contributed by atoms with Crippen molar-refractivity contribution in [3.8, 4) is 5.75 Å². The lowest BCUT2D eigenvalue weighted by Crippen LogP contribution is -2.34. The van der Waals surface area contributed by atoms with Crippen molar-refractivity contribution in [1.82, 2.24) is 0 Å². The molecule has 1 aromatic rings.